The normalized spacial score (nSPS) is 15.6. The molecule has 1 aliphatic rings. The predicted molar refractivity (Wildman–Crippen MR) is 155 cm³/mol. The molecule has 5 rings (SSSR count). The Morgan fingerprint density at radius 1 is 0.730 bits per heavy atom. The van der Waals surface area contributed by atoms with Crippen molar-refractivity contribution in [1.82, 2.24) is 0 Å². The predicted octanol–water partition coefficient (Wildman–Crippen LogP) is 7.04. The van der Waals surface area contributed by atoms with Crippen molar-refractivity contribution < 1.29 is 9.00 Å². The minimum atomic E-state index is -1.61. The molecular weight excluding hydrogens is 544 g/mol. The quantitative estimate of drug-likeness (QED) is 0.241. The van der Waals surface area contributed by atoms with E-state index in [4.69, 9.17) is 0 Å². The van der Waals surface area contributed by atoms with Gasteiger partial charge >= 0.3 is 0 Å². The zero-order chi connectivity index (χ0) is 26.2. The summed E-state index contributed by atoms with van der Waals surface area (Å²) in [6.07, 6.45) is 0. The maximum Gasteiger partial charge on any atom is 0.279 e. The van der Waals surface area contributed by atoms with Crippen LogP contribution >= 0.6 is 15.9 Å². The van der Waals surface area contributed by atoms with Crippen molar-refractivity contribution in [2.24, 2.45) is 4.40 Å². The SMILES string of the molecule is CC(C)(C)[S@@](=O)/N=C1/C(=O)N(C(c2ccccc2)(c2ccccc2)c2ccccc2)c2ccc(Br)cc21. The number of benzene rings is 4. The van der Waals surface area contributed by atoms with E-state index in [1.54, 1.807) is 0 Å². The first kappa shape index (κ1) is 25.3. The number of rotatable bonds is 5. The number of fused-ring (bicyclic) bond motifs is 1. The highest BCUT2D eigenvalue weighted by Crippen LogP contribution is 2.48. The topological polar surface area (TPSA) is 49.7 Å². The van der Waals surface area contributed by atoms with E-state index in [1.807, 2.05) is 135 Å². The summed E-state index contributed by atoms with van der Waals surface area (Å²) in [4.78, 5) is 16.4. The molecule has 4 aromatic carbocycles. The average molecular weight is 572 g/mol. The zero-order valence-electron chi connectivity index (χ0n) is 20.9. The van der Waals surface area contributed by atoms with Gasteiger partial charge in [0.1, 0.15) is 22.2 Å². The van der Waals surface area contributed by atoms with Crippen molar-refractivity contribution in [2.75, 3.05) is 4.90 Å². The molecule has 1 amide bonds. The summed E-state index contributed by atoms with van der Waals surface area (Å²) in [5.74, 6) is -0.290. The van der Waals surface area contributed by atoms with E-state index in [-0.39, 0.29) is 11.6 Å². The number of anilines is 1. The Morgan fingerprint density at radius 3 is 1.62 bits per heavy atom. The first-order valence-electron chi connectivity index (χ1n) is 12.1. The molecule has 0 N–H and O–H groups in total. The Labute approximate surface area is 228 Å². The average Bonchev–Trinajstić information content (AvgIpc) is 3.17. The van der Waals surface area contributed by atoms with Crippen molar-refractivity contribution in [1.29, 1.82) is 0 Å². The highest BCUT2D eigenvalue weighted by molar-refractivity contribution is 9.10. The highest BCUT2D eigenvalue weighted by atomic mass is 79.9. The molecule has 0 fully saturated rings. The van der Waals surface area contributed by atoms with E-state index in [0.29, 0.717) is 5.56 Å². The molecule has 0 spiro atoms. The molecule has 0 saturated heterocycles. The Morgan fingerprint density at radius 2 is 1.19 bits per heavy atom. The van der Waals surface area contributed by atoms with Gasteiger partial charge in [0.05, 0.1) is 10.4 Å². The number of amides is 1. The summed E-state index contributed by atoms with van der Waals surface area (Å²) in [7, 11) is -1.61. The van der Waals surface area contributed by atoms with Crippen LogP contribution < -0.4 is 4.90 Å². The minimum Gasteiger partial charge on any atom is -0.288 e. The first-order chi connectivity index (χ1) is 17.7. The summed E-state index contributed by atoms with van der Waals surface area (Å²) >= 11 is 3.56. The molecule has 4 aromatic rings. The Kier molecular flexibility index (Phi) is 6.73. The van der Waals surface area contributed by atoms with Crippen LogP contribution in [0.2, 0.25) is 0 Å². The van der Waals surface area contributed by atoms with Gasteiger partial charge in [0.15, 0.2) is 0 Å². The number of carbonyl (C=O) groups excluding carboxylic acids is 1. The van der Waals surface area contributed by atoms with Crippen LogP contribution in [-0.2, 0) is 21.3 Å². The largest absolute Gasteiger partial charge is 0.288 e. The van der Waals surface area contributed by atoms with Crippen LogP contribution in [-0.4, -0.2) is 20.6 Å². The smallest absolute Gasteiger partial charge is 0.279 e. The van der Waals surface area contributed by atoms with Crippen molar-refractivity contribution in [3.8, 4) is 0 Å². The van der Waals surface area contributed by atoms with Crippen LogP contribution in [0.5, 0.6) is 0 Å². The Bertz CT molecular complexity index is 1400. The molecular formula is C31H27BrN2O2S. The van der Waals surface area contributed by atoms with E-state index < -0.39 is 21.3 Å². The molecule has 0 unspecified atom stereocenters. The number of halogens is 1. The van der Waals surface area contributed by atoms with Gasteiger partial charge in [-0.25, -0.2) is 4.21 Å². The molecule has 1 aliphatic heterocycles. The second-order valence-electron chi connectivity index (χ2n) is 9.91. The number of hydrogen-bond donors (Lipinski definition) is 0. The van der Waals surface area contributed by atoms with Crippen LogP contribution in [0.4, 0.5) is 5.69 Å². The lowest BCUT2D eigenvalue weighted by Gasteiger charge is -2.43. The van der Waals surface area contributed by atoms with E-state index in [1.165, 1.54) is 0 Å². The van der Waals surface area contributed by atoms with Gasteiger partial charge in [0.2, 0.25) is 0 Å². The molecule has 0 bridgehead atoms. The summed E-state index contributed by atoms with van der Waals surface area (Å²) < 4.78 is 17.9. The van der Waals surface area contributed by atoms with Gasteiger partial charge in [-0.15, -0.1) is 0 Å². The zero-order valence-corrected chi connectivity index (χ0v) is 23.3. The molecule has 4 nitrogen and oxygen atoms in total. The lowest BCUT2D eigenvalue weighted by molar-refractivity contribution is -0.113. The van der Waals surface area contributed by atoms with Crippen LogP contribution in [0.1, 0.15) is 43.0 Å². The second-order valence-corrected chi connectivity index (χ2v) is 12.7. The monoisotopic (exact) mass is 570 g/mol. The van der Waals surface area contributed by atoms with Crippen molar-refractivity contribution in [3.63, 3.8) is 0 Å². The Balaban J connectivity index is 1.89. The van der Waals surface area contributed by atoms with Crippen LogP contribution in [0.15, 0.2) is 118 Å². The van der Waals surface area contributed by atoms with Crippen LogP contribution in [0.3, 0.4) is 0 Å². The minimum absolute atomic E-state index is 0.205. The Hall–Kier alpha value is -3.35. The molecule has 6 heteroatoms. The van der Waals surface area contributed by atoms with Crippen molar-refractivity contribution in [2.45, 2.75) is 31.1 Å². The van der Waals surface area contributed by atoms with Crippen LogP contribution in [0.25, 0.3) is 0 Å². The lowest BCUT2D eigenvalue weighted by Crippen LogP contribution is -2.51. The maximum atomic E-state index is 14.5. The molecule has 186 valence electrons. The van der Waals surface area contributed by atoms with Gasteiger partial charge in [0.25, 0.3) is 5.91 Å². The molecule has 0 aromatic heterocycles. The third-order valence-electron chi connectivity index (χ3n) is 6.47. The number of hydrogen-bond acceptors (Lipinski definition) is 2. The van der Waals surface area contributed by atoms with Gasteiger partial charge in [-0.1, -0.05) is 107 Å². The maximum absolute atomic E-state index is 14.5. The van der Waals surface area contributed by atoms with E-state index >= 15 is 0 Å². The highest BCUT2D eigenvalue weighted by Gasteiger charge is 2.51. The molecule has 37 heavy (non-hydrogen) atoms. The fourth-order valence-electron chi connectivity index (χ4n) is 4.79. The first-order valence-corrected chi connectivity index (χ1v) is 14.0. The van der Waals surface area contributed by atoms with Gasteiger partial charge in [-0.3, -0.25) is 9.69 Å². The summed E-state index contributed by atoms with van der Waals surface area (Å²) in [6.45, 7) is 5.57. The fraction of sp³-hybridized carbons (Fsp3) is 0.161. The van der Waals surface area contributed by atoms with Gasteiger partial charge in [-0.05, 0) is 55.7 Å². The van der Waals surface area contributed by atoms with Crippen LogP contribution in [0, 0.1) is 0 Å². The molecule has 0 saturated carbocycles. The number of nitrogens with zero attached hydrogens (tertiary/aromatic N) is 2. The van der Waals surface area contributed by atoms with E-state index in [0.717, 1.165) is 26.9 Å². The fourth-order valence-corrected chi connectivity index (χ4v) is 5.77. The van der Waals surface area contributed by atoms with Crippen molar-refractivity contribution >= 4 is 44.2 Å². The third kappa shape index (κ3) is 4.38. The molecule has 1 atom stereocenters. The molecule has 1 heterocycles. The number of carbonyl (C=O) groups is 1. The second kappa shape index (κ2) is 9.84. The van der Waals surface area contributed by atoms with Gasteiger partial charge < -0.3 is 0 Å². The summed E-state index contributed by atoms with van der Waals surface area (Å²) in [5, 5.41) is 0. The third-order valence-corrected chi connectivity index (χ3v) is 8.36. The van der Waals surface area contributed by atoms with Gasteiger partial charge in [0, 0.05) is 10.0 Å². The standard InChI is InChI=1S/C31H27BrN2O2S/c1-30(2,3)37(36)33-28-26-21-25(32)19-20-27(26)34(29(28)35)31(22-13-7-4-8-14-22,23-15-9-5-10-16-23)24-17-11-6-12-18-24/h4-21H,1-3H3/b33-28+/t37-/m1/s1. The van der Waals surface area contributed by atoms with Gasteiger partial charge in [-0.2, -0.15) is 4.40 Å². The van der Waals surface area contributed by atoms with Crippen molar-refractivity contribution in [3.05, 3.63) is 136 Å². The summed E-state index contributed by atoms with van der Waals surface area (Å²) in [6, 6.07) is 35.9. The summed E-state index contributed by atoms with van der Waals surface area (Å²) in [5.41, 5.74) is 3.40. The molecule has 0 aliphatic carbocycles. The van der Waals surface area contributed by atoms with E-state index in [2.05, 4.69) is 20.3 Å². The lowest BCUT2D eigenvalue weighted by atomic mass is 9.75. The molecule has 0 radical (unpaired) electrons. The van der Waals surface area contributed by atoms with E-state index in [9.17, 15) is 9.00 Å².